The molecule has 1 aliphatic heterocycles. The third-order valence-electron chi connectivity index (χ3n) is 3.27. The third kappa shape index (κ3) is 2.82. The number of nitrogen functional groups attached to an aromatic ring is 1. The van der Waals surface area contributed by atoms with Gasteiger partial charge in [0, 0.05) is 19.1 Å². The van der Waals surface area contributed by atoms with Crippen LogP contribution in [0.15, 0.2) is 12.3 Å². The molecule has 4 nitrogen and oxygen atoms in total. The highest BCUT2D eigenvalue weighted by atomic mass is 35.5. The van der Waals surface area contributed by atoms with Gasteiger partial charge in [-0.05, 0) is 33.0 Å². The van der Waals surface area contributed by atoms with Crippen molar-refractivity contribution in [3.8, 4) is 0 Å². The molecule has 0 saturated carbocycles. The van der Waals surface area contributed by atoms with E-state index in [2.05, 4.69) is 28.9 Å². The van der Waals surface area contributed by atoms with Crippen LogP contribution < -0.4 is 10.6 Å². The molecule has 0 spiro atoms. The van der Waals surface area contributed by atoms with Crippen LogP contribution in [0.5, 0.6) is 0 Å². The third-order valence-corrected chi connectivity index (χ3v) is 3.55. The Labute approximate surface area is 107 Å². The highest BCUT2D eigenvalue weighted by Gasteiger charge is 2.23. The van der Waals surface area contributed by atoms with Crippen molar-refractivity contribution in [1.29, 1.82) is 0 Å². The fourth-order valence-electron chi connectivity index (χ4n) is 2.25. The summed E-state index contributed by atoms with van der Waals surface area (Å²) in [6.45, 7) is 1.99. The van der Waals surface area contributed by atoms with E-state index in [0.717, 1.165) is 18.9 Å². The Morgan fingerprint density at radius 1 is 1.53 bits per heavy atom. The Hall–Kier alpha value is -1.00. The Morgan fingerprint density at radius 3 is 2.94 bits per heavy atom. The summed E-state index contributed by atoms with van der Waals surface area (Å²) in [6, 6.07) is 2.34. The molecule has 1 aliphatic rings. The molecule has 17 heavy (non-hydrogen) atoms. The summed E-state index contributed by atoms with van der Waals surface area (Å²) < 4.78 is 0. The molecule has 1 fully saturated rings. The molecule has 2 N–H and O–H groups in total. The van der Waals surface area contributed by atoms with Gasteiger partial charge in [0.05, 0.1) is 16.9 Å². The van der Waals surface area contributed by atoms with E-state index in [4.69, 9.17) is 17.3 Å². The van der Waals surface area contributed by atoms with Gasteiger partial charge in [-0.1, -0.05) is 11.6 Å². The number of hydrogen-bond acceptors (Lipinski definition) is 4. The van der Waals surface area contributed by atoms with E-state index in [1.54, 1.807) is 12.3 Å². The lowest BCUT2D eigenvalue weighted by Crippen LogP contribution is -2.45. The standard InChI is InChI=1S/C12H19ClN4/c1-16(2)10-4-3-5-17(8-10)12-11(13)6-9(14)7-15-12/h6-7,10H,3-5,8,14H2,1-2H3. The molecule has 0 bridgehead atoms. The zero-order chi connectivity index (χ0) is 12.4. The van der Waals surface area contributed by atoms with Crippen LogP contribution >= 0.6 is 11.6 Å². The van der Waals surface area contributed by atoms with Gasteiger partial charge in [-0.3, -0.25) is 0 Å². The Balaban J connectivity index is 2.16. The van der Waals surface area contributed by atoms with Gasteiger partial charge in [0.2, 0.25) is 0 Å². The number of halogens is 1. The topological polar surface area (TPSA) is 45.4 Å². The number of likely N-dealkylation sites (N-methyl/N-ethyl adjacent to an activating group) is 1. The van der Waals surface area contributed by atoms with E-state index in [0.29, 0.717) is 16.8 Å². The fourth-order valence-corrected chi connectivity index (χ4v) is 2.54. The molecule has 0 aliphatic carbocycles. The Bertz CT molecular complexity index is 394. The number of pyridine rings is 1. The smallest absolute Gasteiger partial charge is 0.147 e. The van der Waals surface area contributed by atoms with Crippen molar-refractivity contribution in [3.63, 3.8) is 0 Å². The monoisotopic (exact) mass is 254 g/mol. The average Bonchev–Trinajstić information content (AvgIpc) is 2.29. The number of rotatable bonds is 2. The maximum absolute atomic E-state index is 6.19. The van der Waals surface area contributed by atoms with Gasteiger partial charge in [-0.25, -0.2) is 4.98 Å². The minimum absolute atomic E-state index is 0.569. The highest BCUT2D eigenvalue weighted by Crippen LogP contribution is 2.28. The van der Waals surface area contributed by atoms with Crippen LogP contribution in [-0.2, 0) is 0 Å². The van der Waals surface area contributed by atoms with Gasteiger partial charge in [0.25, 0.3) is 0 Å². The van der Waals surface area contributed by atoms with Crippen molar-refractivity contribution < 1.29 is 0 Å². The van der Waals surface area contributed by atoms with Crippen LogP contribution in [0.25, 0.3) is 0 Å². The van der Waals surface area contributed by atoms with Crippen molar-refractivity contribution in [3.05, 3.63) is 17.3 Å². The summed E-state index contributed by atoms with van der Waals surface area (Å²) in [5.74, 6) is 0.854. The largest absolute Gasteiger partial charge is 0.397 e. The molecule has 5 heteroatoms. The molecule has 2 heterocycles. The minimum Gasteiger partial charge on any atom is -0.397 e. The molecular weight excluding hydrogens is 236 g/mol. The van der Waals surface area contributed by atoms with Crippen LogP contribution in [0.2, 0.25) is 5.02 Å². The van der Waals surface area contributed by atoms with Crippen molar-refractivity contribution in [2.45, 2.75) is 18.9 Å². The molecule has 1 unspecified atom stereocenters. The number of nitrogens with two attached hydrogens (primary N) is 1. The fraction of sp³-hybridized carbons (Fsp3) is 0.583. The van der Waals surface area contributed by atoms with E-state index in [1.807, 2.05) is 0 Å². The van der Waals surface area contributed by atoms with Crippen molar-refractivity contribution in [1.82, 2.24) is 9.88 Å². The molecule has 0 aromatic carbocycles. The van der Waals surface area contributed by atoms with E-state index >= 15 is 0 Å². The van der Waals surface area contributed by atoms with Crippen molar-refractivity contribution in [2.24, 2.45) is 0 Å². The number of anilines is 2. The van der Waals surface area contributed by atoms with Crippen LogP contribution in [0.1, 0.15) is 12.8 Å². The minimum atomic E-state index is 0.569. The summed E-state index contributed by atoms with van der Waals surface area (Å²) >= 11 is 6.19. The Morgan fingerprint density at radius 2 is 2.29 bits per heavy atom. The molecular formula is C12H19ClN4. The summed E-state index contributed by atoms with van der Waals surface area (Å²) in [5, 5.41) is 0.643. The molecule has 94 valence electrons. The first-order valence-electron chi connectivity index (χ1n) is 5.90. The van der Waals surface area contributed by atoms with Gasteiger partial charge in [-0.2, -0.15) is 0 Å². The van der Waals surface area contributed by atoms with Gasteiger partial charge in [-0.15, -0.1) is 0 Å². The zero-order valence-corrected chi connectivity index (χ0v) is 11.1. The lowest BCUT2D eigenvalue weighted by Gasteiger charge is -2.37. The average molecular weight is 255 g/mol. The number of nitrogens with zero attached hydrogens (tertiary/aromatic N) is 3. The molecule has 0 radical (unpaired) electrons. The lowest BCUT2D eigenvalue weighted by molar-refractivity contribution is 0.257. The first-order chi connectivity index (χ1) is 8.08. The van der Waals surface area contributed by atoms with E-state index in [9.17, 15) is 0 Å². The van der Waals surface area contributed by atoms with E-state index < -0.39 is 0 Å². The summed E-state index contributed by atoms with van der Waals surface area (Å²) in [7, 11) is 4.23. The first kappa shape index (κ1) is 12.5. The predicted molar refractivity (Wildman–Crippen MR) is 72.6 cm³/mol. The number of aromatic nitrogens is 1. The van der Waals surface area contributed by atoms with Crippen LogP contribution in [0.4, 0.5) is 11.5 Å². The molecule has 1 aromatic heterocycles. The van der Waals surface area contributed by atoms with Crippen LogP contribution in [0, 0.1) is 0 Å². The summed E-state index contributed by atoms with van der Waals surface area (Å²) in [6.07, 6.45) is 4.07. The molecule has 1 saturated heterocycles. The van der Waals surface area contributed by atoms with Crippen LogP contribution in [-0.4, -0.2) is 43.1 Å². The van der Waals surface area contributed by atoms with Gasteiger partial charge in [0.15, 0.2) is 0 Å². The number of piperidine rings is 1. The van der Waals surface area contributed by atoms with Gasteiger partial charge >= 0.3 is 0 Å². The maximum atomic E-state index is 6.19. The Kier molecular flexibility index (Phi) is 3.74. The SMILES string of the molecule is CN(C)C1CCCN(c2ncc(N)cc2Cl)C1. The first-order valence-corrected chi connectivity index (χ1v) is 6.28. The van der Waals surface area contributed by atoms with Crippen molar-refractivity contribution in [2.75, 3.05) is 37.8 Å². The normalized spacial score (nSPS) is 20.9. The second-order valence-corrected chi connectivity index (χ2v) is 5.19. The lowest BCUT2D eigenvalue weighted by atomic mass is 10.1. The second-order valence-electron chi connectivity index (χ2n) is 4.78. The van der Waals surface area contributed by atoms with Crippen molar-refractivity contribution >= 4 is 23.1 Å². The molecule has 0 amide bonds. The number of hydrogen-bond donors (Lipinski definition) is 1. The summed E-state index contributed by atoms with van der Waals surface area (Å²) in [4.78, 5) is 8.85. The van der Waals surface area contributed by atoms with Crippen LogP contribution in [0.3, 0.4) is 0 Å². The zero-order valence-electron chi connectivity index (χ0n) is 10.4. The predicted octanol–water partition coefficient (Wildman–Crippen LogP) is 1.85. The molecule has 1 atom stereocenters. The molecule has 1 aromatic rings. The quantitative estimate of drug-likeness (QED) is 0.875. The van der Waals surface area contributed by atoms with E-state index in [1.165, 1.54) is 12.8 Å². The second kappa shape index (κ2) is 5.10. The van der Waals surface area contributed by atoms with Gasteiger partial charge < -0.3 is 15.5 Å². The highest BCUT2D eigenvalue weighted by molar-refractivity contribution is 6.33. The van der Waals surface area contributed by atoms with E-state index in [-0.39, 0.29) is 0 Å². The van der Waals surface area contributed by atoms with Gasteiger partial charge in [0.1, 0.15) is 5.82 Å². The molecule has 2 rings (SSSR count). The maximum Gasteiger partial charge on any atom is 0.147 e. The summed E-state index contributed by atoms with van der Waals surface area (Å²) in [5.41, 5.74) is 6.27.